The van der Waals surface area contributed by atoms with E-state index in [0.29, 0.717) is 0 Å². The van der Waals surface area contributed by atoms with Crippen LogP contribution in [0.25, 0.3) is 0 Å². The number of hydrogen-bond acceptors (Lipinski definition) is 5. The first-order valence-electron chi connectivity index (χ1n) is 17.7. The van der Waals surface area contributed by atoms with Crippen molar-refractivity contribution in [2.45, 2.75) is 79.1 Å². The van der Waals surface area contributed by atoms with Crippen LogP contribution in [0.5, 0.6) is 23.0 Å². The third-order valence-electron chi connectivity index (χ3n) is 8.07. The second-order valence-electron chi connectivity index (χ2n) is 12.0. The van der Waals surface area contributed by atoms with Crippen molar-refractivity contribution < 1.29 is 23.1 Å². The van der Waals surface area contributed by atoms with Gasteiger partial charge >= 0.3 is 0 Å². The number of rotatable bonds is 22. The first-order valence-corrected chi connectivity index (χ1v) is 21.0. The maximum absolute atomic E-state index is 7.46. The lowest BCUT2D eigenvalue weighted by Gasteiger charge is -2.26. The van der Waals surface area contributed by atoms with E-state index in [4.69, 9.17) is 23.1 Å². The van der Waals surface area contributed by atoms with Crippen LogP contribution >= 0.6 is 0 Å². The van der Waals surface area contributed by atoms with E-state index in [1.165, 1.54) is 20.7 Å². The number of hydrogen-bond donors (Lipinski definition) is 0. The van der Waals surface area contributed by atoms with E-state index >= 15 is 0 Å². The first kappa shape index (κ1) is 36.3. The first-order chi connectivity index (χ1) is 23.1. The summed E-state index contributed by atoms with van der Waals surface area (Å²) in [6.07, 6.45) is 8.65. The van der Waals surface area contributed by atoms with Crippen molar-refractivity contribution in [3.63, 3.8) is 0 Å². The Labute approximate surface area is 286 Å². The van der Waals surface area contributed by atoms with Crippen LogP contribution in [-0.4, -0.2) is 44.5 Å². The van der Waals surface area contributed by atoms with E-state index in [1.54, 1.807) is 0 Å². The topological polar surface area (TPSA) is 46.2 Å². The zero-order valence-electron chi connectivity index (χ0n) is 28.9. The van der Waals surface area contributed by atoms with E-state index in [-0.39, 0.29) is 0 Å². The maximum atomic E-state index is 7.46. The maximum Gasteiger partial charge on any atom is 0.228 e. The molecule has 0 bridgehead atoms. The van der Waals surface area contributed by atoms with Gasteiger partial charge in [0.15, 0.2) is 0 Å². The molecule has 0 spiro atoms. The molecule has 0 aliphatic carbocycles. The summed E-state index contributed by atoms with van der Waals surface area (Å²) in [5.41, 5.74) is 0. The predicted molar refractivity (Wildman–Crippen MR) is 201 cm³/mol. The molecule has 0 heterocycles. The van der Waals surface area contributed by atoms with Gasteiger partial charge in [-0.3, -0.25) is 0 Å². The third kappa shape index (κ3) is 11.9. The van der Waals surface area contributed by atoms with Gasteiger partial charge in [0.2, 0.25) is 18.1 Å². The van der Waals surface area contributed by atoms with Gasteiger partial charge in [0.05, 0.1) is 26.4 Å². The lowest BCUT2D eigenvalue weighted by atomic mass is 10.3. The van der Waals surface area contributed by atoms with Crippen LogP contribution in [0.2, 0.25) is 0 Å². The minimum absolute atomic E-state index is 0.734. The van der Waals surface area contributed by atoms with Crippen molar-refractivity contribution in [2.75, 3.05) is 26.4 Å². The van der Waals surface area contributed by atoms with Crippen LogP contribution in [0, 0.1) is 0 Å². The molecule has 7 heteroatoms. The van der Waals surface area contributed by atoms with Crippen LogP contribution in [0.4, 0.5) is 0 Å². The molecule has 4 rings (SSSR count). The van der Waals surface area contributed by atoms with E-state index in [1.807, 2.05) is 0 Å². The van der Waals surface area contributed by atoms with Gasteiger partial charge in [0, 0.05) is 0 Å². The Morgan fingerprint density at radius 1 is 0.340 bits per heavy atom. The van der Waals surface area contributed by atoms with E-state index < -0.39 is 18.1 Å². The summed E-state index contributed by atoms with van der Waals surface area (Å²) in [6, 6.07) is 34.4. The number of unbranched alkanes of at least 4 members (excludes halogenated alkanes) is 4. The Hall–Kier alpha value is -3.53. The molecule has 4 aromatic carbocycles. The summed E-state index contributed by atoms with van der Waals surface area (Å²) in [5, 5.41) is 4.90. The van der Waals surface area contributed by atoms with Crippen molar-refractivity contribution in [2.24, 2.45) is 0 Å². The van der Waals surface area contributed by atoms with Crippen molar-refractivity contribution >= 4 is 38.8 Å². The molecular formula is C40H54O5Si2. The van der Waals surface area contributed by atoms with E-state index in [2.05, 4.69) is 125 Å². The van der Waals surface area contributed by atoms with Crippen LogP contribution < -0.4 is 39.7 Å². The molecular weight excluding hydrogens is 617 g/mol. The van der Waals surface area contributed by atoms with Gasteiger partial charge in [-0.05, 0) is 95.0 Å². The van der Waals surface area contributed by atoms with Gasteiger partial charge in [0.25, 0.3) is 0 Å². The molecule has 0 aliphatic heterocycles. The Kier molecular flexibility index (Phi) is 16.0. The van der Waals surface area contributed by atoms with Gasteiger partial charge in [-0.25, -0.2) is 0 Å². The second kappa shape index (κ2) is 20.7. The normalized spacial score (nSPS) is 11.2. The molecule has 0 N–H and O–H groups in total. The van der Waals surface area contributed by atoms with E-state index in [0.717, 1.165) is 101 Å². The van der Waals surface area contributed by atoms with Crippen molar-refractivity contribution in [3.8, 4) is 23.0 Å². The molecule has 4 aromatic rings. The highest BCUT2D eigenvalue weighted by Crippen LogP contribution is 2.15. The lowest BCUT2D eigenvalue weighted by molar-refractivity contribution is 0.309. The Bertz CT molecular complexity index is 1180. The molecule has 0 amide bonds. The van der Waals surface area contributed by atoms with Gasteiger partial charge in [-0.2, -0.15) is 0 Å². The predicted octanol–water partition coefficient (Wildman–Crippen LogP) is 6.80. The van der Waals surface area contributed by atoms with Crippen LogP contribution in [0.3, 0.4) is 0 Å². The molecule has 5 nitrogen and oxygen atoms in total. The zero-order valence-corrected chi connectivity index (χ0v) is 31.2. The highest BCUT2D eigenvalue weighted by molar-refractivity contribution is 6.91. The highest BCUT2D eigenvalue weighted by Gasteiger charge is 2.27. The Balaban J connectivity index is 1.67. The Morgan fingerprint density at radius 3 is 0.745 bits per heavy atom. The SMILES string of the molecule is CCCCOc1ccc([SiH](O[SiH](c2ccc(OCCCC)cc2)c2ccc(OCCCC)cc2)c2ccc(OCCCC)cc2)cc1. The molecule has 0 radical (unpaired) electrons. The fraction of sp³-hybridized carbons (Fsp3) is 0.400. The van der Waals surface area contributed by atoms with Crippen molar-refractivity contribution in [3.05, 3.63) is 97.1 Å². The largest absolute Gasteiger partial charge is 0.494 e. The average molecular weight is 671 g/mol. The summed E-state index contributed by atoms with van der Waals surface area (Å²) in [4.78, 5) is 0. The standard InChI is InChI=1S/C40H54O5Si2/c1-5-9-29-41-33-13-21-37(22-14-33)46(38-23-15-34(16-24-38)42-30-10-6-2)45-47(39-25-17-35(18-26-39)43-31-11-7-3)40-27-19-36(20-28-40)44-32-12-8-4/h13-28,46-47H,5-12,29-32H2,1-4H3. The van der Waals surface area contributed by atoms with Gasteiger partial charge in [-0.15, -0.1) is 0 Å². The molecule has 47 heavy (non-hydrogen) atoms. The fourth-order valence-corrected chi connectivity index (χ4v) is 11.7. The molecule has 0 saturated heterocycles. The number of benzene rings is 4. The van der Waals surface area contributed by atoms with Gasteiger partial charge in [0.1, 0.15) is 23.0 Å². The minimum Gasteiger partial charge on any atom is -0.494 e. The summed E-state index contributed by atoms with van der Waals surface area (Å²) >= 11 is 0. The van der Waals surface area contributed by atoms with Gasteiger partial charge < -0.3 is 23.1 Å². The molecule has 0 aliphatic rings. The molecule has 0 unspecified atom stereocenters. The third-order valence-corrected chi connectivity index (χ3v) is 14.2. The monoisotopic (exact) mass is 670 g/mol. The van der Waals surface area contributed by atoms with E-state index in [9.17, 15) is 0 Å². The molecule has 252 valence electrons. The van der Waals surface area contributed by atoms with Crippen molar-refractivity contribution in [1.82, 2.24) is 0 Å². The summed E-state index contributed by atoms with van der Waals surface area (Å²) < 4.78 is 31.5. The van der Waals surface area contributed by atoms with Gasteiger partial charge in [-0.1, -0.05) is 102 Å². The average Bonchev–Trinajstić information content (AvgIpc) is 3.11. The smallest absolute Gasteiger partial charge is 0.228 e. The number of ether oxygens (including phenoxy) is 4. The second-order valence-corrected chi connectivity index (χ2v) is 17.3. The quantitative estimate of drug-likeness (QED) is 0.0681. The lowest BCUT2D eigenvalue weighted by Crippen LogP contribution is -2.55. The molecule has 0 saturated carbocycles. The zero-order chi connectivity index (χ0) is 33.1. The molecule has 0 fully saturated rings. The van der Waals surface area contributed by atoms with Crippen LogP contribution in [0.15, 0.2) is 97.1 Å². The van der Waals surface area contributed by atoms with Crippen LogP contribution in [0.1, 0.15) is 79.1 Å². The fourth-order valence-electron chi connectivity index (χ4n) is 5.13. The minimum atomic E-state index is -2.14. The summed E-state index contributed by atoms with van der Waals surface area (Å²) in [5.74, 6) is 3.61. The highest BCUT2D eigenvalue weighted by atomic mass is 28.4. The Morgan fingerprint density at radius 2 is 0.553 bits per heavy atom. The molecule has 0 atom stereocenters. The summed E-state index contributed by atoms with van der Waals surface area (Å²) in [6.45, 7) is 11.7. The van der Waals surface area contributed by atoms with Crippen molar-refractivity contribution in [1.29, 1.82) is 0 Å². The molecule has 0 aromatic heterocycles. The van der Waals surface area contributed by atoms with Crippen LogP contribution in [-0.2, 0) is 4.12 Å². The summed E-state index contributed by atoms with van der Waals surface area (Å²) in [7, 11) is -4.28.